The lowest BCUT2D eigenvalue weighted by Gasteiger charge is -2.14. The van der Waals surface area contributed by atoms with Crippen LogP contribution in [0.15, 0.2) is 51.6 Å². The maximum atomic E-state index is 11.8. The number of aryl methyl sites for hydroxylation is 1. The fourth-order valence-electron chi connectivity index (χ4n) is 1.86. The Morgan fingerprint density at radius 1 is 1.37 bits per heavy atom. The average Bonchev–Trinajstić information content (AvgIpc) is 2.89. The van der Waals surface area contributed by atoms with Crippen molar-refractivity contribution in [3.05, 3.63) is 58.5 Å². The predicted octanol–water partition coefficient (Wildman–Crippen LogP) is 3.85. The van der Waals surface area contributed by atoms with E-state index in [1.807, 2.05) is 43.3 Å². The van der Waals surface area contributed by atoms with Crippen LogP contribution < -0.4 is 5.32 Å². The average molecular weight is 322 g/mol. The topological polar surface area (TPSA) is 42.2 Å². The molecular weight excluding hydrogens is 306 g/mol. The maximum absolute atomic E-state index is 11.8. The standard InChI is InChI=1S/C15H16BrNO2/c1-11(12-4-2-5-13(16)10-12)17-15(18)8-7-14-6-3-9-19-14/h2-6,9-11H,7-8H2,1H3,(H,17,18). The smallest absolute Gasteiger partial charge is 0.220 e. The fourth-order valence-corrected chi connectivity index (χ4v) is 2.28. The molecule has 100 valence electrons. The van der Waals surface area contributed by atoms with Gasteiger partial charge in [0.2, 0.25) is 5.91 Å². The zero-order valence-corrected chi connectivity index (χ0v) is 12.3. The number of hydrogen-bond acceptors (Lipinski definition) is 2. The van der Waals surface area contributed by atoms with Crippen molar-refractivity contribution in [2.75, 3.05) is 0 Å². The second-order valence-electron chi connectivity index (χ2n) is 4.42. The molecule has 0 aliphatic heterocycles. The van der Waals surface area contributed by atoms with E-state index < -0.39 is 0 Å². The van der Waals surface area contributed by atoms with Crippen LogP contribution in [0.25, 0.3) is 0 Å². The molecule has 0 fully saturated rings. The van der Waals surface area contributed by atoms with Gasteiger partial charge >= 0.3 is 0 Å². The van der Waals surface area contributed by atoms with Crippen molar-refractivity contribution >= 4 is 21.8 Å². The normalized spacial score (nSPS) is 12.1. The van der Waals surface area contributed by atoms with Gasteiger partial charge in [-0.3, -0.25) is 4.79 Å². The third kappa shape index (κ3) is 4.24. The number of benzene rings is 1. The van der Waals surface area contributed by atoms with Crippen molar-refractivity contribution in [2.45, 2.75) is 25.8 Å². The summed E-state index contributed by atoms with van der Waals surface area (Å²) in [5, 5.41) is 2.98. The van der Waals surface area contributed by atoms with Gasteiger partial charge < -0.3 is 9.73 Å². The second kappa shape index (κ2) is 6.57. The van der Waals surface area contributed by atoms with Crippen molar-refractivity contribution in [1.82, 2.24) is 5.32 Å². The molecule has 4 heteroatoms. The van der Waals surface area contributed by atoms with E-state index in [0.717, 1.165) is 15.8 Å². The van der Waals surface area contributed by atoms with Gasteiger partial charge in [-0.05, 0) is 36.8 Å². The van der Waals surface area contributed by atoms with Gasteiger partial charge in [0.15, 0.2) is 0 Å². The lowest BCUT2D eigenvalue weighted by atomic mass is 10.1. The van der Waals surface area contributed by atoms with Crippen LogP contribution in [0.3, 0.4) is 0 Å². The van der Waals surface area contributed by atoms with Crippen molar-refractivity contribution in [3.63, 3.8) is 0 Å². The van der Waals surface area contributed by atoms with Gasteiger partial charge in [0.25, 0.3) is 0 Å². The minimum absolute atomic E-state index is 0.00148. The lowest BCUT2D eigenvalue weighted by Crippen LogP contribution is -2.26. The molecule has 0 radical (unpaired) electrons. The number of rotatable bonds is 5. The van der Waals surface area contributed by atoms with Crippen molar-refractivity contribution in [2.24, 2.45) is 0 Å². The van der Waals surface area contributed by atoms with Crippen molar-refractivity contribution < 1.29 is 9.21 Å². The molecule has 2 rings (SSSR count). The molecule has 1 unspecified atom stereocenters. The highest BCUT2D eigenvalue weighted by molar-refractivity contribution is 9.10. The molecule has 1 N–H and O–H groups in total. The van der Waals surface area contributed by atoms with Crippen LogP contribution in [0.5, 0.6) is 0 Å². The minimum atomic E-state index is 0.00148. The van der Waals surface area contributed by atoms with Crippen LogP contribution >= 0.6 is 15.9 Å². The van der Waals surface area contributed by atoms with Crippen LogP contribution in [-0.4, -0.2) is 5.91 Å². The van der Waals surface area contributed by atoms with Gasteiger partial charge in [-0.1, -0.05) is 28.1 Å². The van der Waals surface area contributed by atoms with Gasteiger partial charge in [0.05, 0.1) is 12.3 Å². The second-order valence-corrected chi connectivity index (χ2v) is 5.34. The molecule has 1 aromatic heterocycles. The summed E-state index contributed by atoms with van der Waals surface area (Å²) in [6, 6.07) is 11.7. The van der Waals surface area contributed by atoms with E-state index in [4.69, 9.17) is 4.42 Å². The summed E-state index contributed by atoms with van der Waals surface area (Å²) in [5.74, 6) is 0.870. The minimum Gasteiger partial charge on any atom is -0.469 e. The van der Waals surface area contributed by atoms with Gasteiger partial charge in [0, 0.05) is 17.3 Å². The van der Waals surface area contributed by atoms with Crippen molar-refractivity contribution in [3.8, 4) is 0 Å². The first kappa shape index (κ1) is 13.9. The summed E-state index contributed by atoms with van der Waals surface area (Å²) in [5.41, 5.74) is 1.08. The molecule has 1 atom stereocenters. The van der Waals surface area contributed by atoms with E-state index in [9.17, 15) is 4.79 Å². The largest absolute Gasteiger partial charge is 0.469 e. The van der Waals surface area contributed by atoms with Crippen LogP contribution in [0.4, 0.5) is 0 Å². The Kier molecular flexibility index (Phi) is 4.80. The van der Waals surface area contributed by atoms with Gasteiger partial charge in [-0.2, -0.15) is 0 Å². The Balaban J connectivity index is 1.84. The van der Waals surface area contributed by atoms with Crippen LogP contribution in [-0.2, 0) is 11.2 Å². The molecule has 0 saturated heterocycles. The molecule has 2 aromatic rings. The molecule has 1 aromatic carbocycles. The summed E-state index contributed by atoms with van der Waals surface area (Å²) in [4.78, 5) is 11.8. The number of halogens is 1. The first-order chi connectivity index (χ1) is 9.15. The third-order valence-electron chi connectivity index (χ3n) is 2.90. The number of nitrogens with one attached hydrogen (secondary N) is 1. The van der Waals surface area contributed by atoms with E-state index in [-0.39, 0.29) is 11.9 Å². The van der Waals surface area contributed by atoms with E-state index in [0.29, 0.717) is 12.8 Å². The zero-order chi connectivity index (χ0) is 13.7. The predicted molar refractivity (Wildman–Crippen MR) is 77.7 cm³/mol. The van der Waals surface area contributed by atoms with Crippen LogP contribution in [0, 0.1) is 0 Å². The Morgan fingerprint density at radius 3 is 2.89 bits per heavy atom. The first-order valence-electron chi connectivity index (χ1n) is 6.22. The Bertz CT molecular complexity index is 537. The highest BCUT2D eigenvalue weighted by atomic mass is 79.9. The summed E-state index contributed by atoms with van der Waals surface area (Å²) < 4.78 is 6.22. The molecule has 0 saturated carbocycles. The van der Waals surface area contributed by atoms with Crippen LogP contribution in [0.1, 0.15) is 30.7 Å². The molecule has 0 bridgehead atoms. The molecule has 1 heterocycles. The number of furan rings is 1. The highest BCUT2D eigenvalue weighted by Gasteiger charge is 2.10. The Labute approximate surface area is 121 Å². The Morgan fingerprint density at radius 2 is 2.21 bits per heavy atom. The quantitative estimate of drug-likeness (QED) is 0.908. The molecule has 19 heavy (non-hydrogen) atoms. The van der Waals surface area contributed by atoms with E-state index in [1.165, 1.54) is 0 Å². The molecule has 0 aliphatic carbocycles. The molecule has 3 nitrogen and oxygen atoms in total. The summed E-state index contributed by atoms with van der Waals surface area (Å²) in [6.45, 7) is 1.98. The number of amides is 1. The van der Waals surface area contributed by atoms with E-state index >= 15 is 0 Å². The van der Waals surface area contributed by atoms with E-state index in [2.05, 4.69) is 21.2 Å². The summed E-state index contributed by atoms with van der Waals surface area (Å²) in [7, 11) is 0. The number of carbonyl (C=O) groups excluding carboxylic acids is 1. The summed E-state index contributed by atoms with van der Waals surface area (Å²) >= 11 is 3.43. The SMILES string of the molecule is CC(NC(=O)CCc1ccco1)c1cccc(Br)c1. The molecule has 1 amide bonds. The van der Waals surface area contributed by atoms with Gasteiger partial charge in [-0.25, -0.2) is 0 Å². The van der Waals surface area contributed by atoms with Gasteiger partial charge in [-0.15, -0.1) is 0 Å². The van der Waals surface area contributed by atoms with Gasteiger partial charge in [0.1, 0.15) is 5.76 Å². The molecular formula is C15H16BrNO2. The third-order valence-corrected chi connectivity index (χ3v) is 3.40. The number of hydrogen-bond donors (Lipinski definition) is 1. The lowest BCUT2D eigenvalue weighted by molar-refractivity contribution is -0.121. The summed E-state index contributed by atoms with van der Waals surface area (Å²) in [6.07, 6.45) is 2.69. The highest BCUT2D eigenvalue weighted by Crippen LogP contribution is 2.18. The van der Waals surface area contributed by atoms with Crippen molar-refractivity contribution in [1.29, 1.82) is 0 Å². The fraction of sp³-hybridized carbons (Fsp3) is 0.267. The van der Waals surface area contributed by atoms with E-state index in [1.54, 1.807) is 6.26 Å². The molecule has 0 aliphatic rings. The Hall–Kier alpha value is -1.55. The van der Waals surface area contributed by atoms with Crippen LogP contribution in [0.2, 0.25) is 0 Å². The number of carbonyl (C=O) groups is 1. The molecule has 0 spiro atoms. The monoisotopic (exact) mass is 321 g/mol. The zero-order valence-electron chi connectivity index (χ0n) is 10.7. The maximum Gasteiger partial charge on any atom is 0.220 e. The first-order valence-corrected chi connectivity index (χ1v) is 7.01.